The van der Waals surface area contributed by atoms with Crippen LogP contribution in [0, 0.1) is 0 Å². The summed E-state index contributed by atoms with van der Waals surface area (Å²) in [6.45, 7) is 0. The maximum absolute atomic E-state index is 5.77. The van der Waals surface area contributed by atoms with E-state index in [1.165, 1.54) is 11.2 Å². The van der Waals surface area contributed by atoms with Crippen LogP contribution in [0.15, 0.2) is 36.5 Å². The fraction of sp³-hybridized carbons (Fsp3) is 0.0909. The Balaban J connectivity index is 2.65. The Kier molecular flexibility index (Phi) is 1.24. The minimum atomic E-state index is 0.804. The highest BCUT2D eigenvalue weighted by molar-refractivity contribution is 5.84. The normalized spacial score (nSPS) is 11.5. The van der Waals surface area contributed by atoms with Crippen LogP contribution in [0.3, 0.4) is 0 Å². The number of aryl methyl sites for hydroxylation is 1. The fourth-order valence-electron chi connectivity index (χ4n) is 1.99. The van der Waals surface area contributed by atoms with E-state index in [-0.39, 0.29) is 0 Å². The summed E-state index contributed by atoms with van der Waals surface area (Å²) < 4.78 is 4.31. The van der Waals surface area contributed by atoms with E-state index in [4.69, 9.17) is 5.73 Å². The van der Waals surface area contributed by atoms with Crippen LogP contribution in [0.1, 0.15) is 0 Å². The van der Waals surface area contributed by atoms with Crippen molar-refractivity contribution in [2.24, 2.45) is 7.05 Å². The van der Waals surface area contributed by atoms with Gasteiger partial charge in [0.05, 0.1) is 11.0 Å². The lowest BCUT2D eigenvalue weighted by atomic mass is 10.3. The monoisotopic (exact) mass is 185 g/mol. The molecule has 2 aromatic heterocycles. The summed E-state index contributed by atoms with van der Waals surface area (Å²) in [6, 6.07) is 10.1. The molecule has 0 radical (unpaired) electrons. The summed E-state index contributed by atoms with van der Waals surface area (Å²) in [5.74, 6) is 0. The van der Waals surface area contributed by atoms with E-state index in [1.54, 1.807) is 0 Å². The van der Waals surface area contributed by atoms with Gasteiger partial charge >= 0.3 is 0 Å². The molecule has 2 N–H and O–H groups in total. The van der Waals surface area contributed by atoms with Crippen LogP contribution in [0.4, 0.5) is 5.69 Å². The molecule has 0 aliphatic rings. The van der Waals surface area contributed by atoms with Crippen molar-refractivity contribution in [3.05, 3.63) is 36.5 Å². The second-order valence-corrected chi connectivity index (χ2v) is 3.54. The maximum Gasteiger partial charge on any atom is 0.117 e. The number of benzene rings is 1. The Morgan fingerprint density at radius 1 is 1.14 bits per heavy atom. The Bertz CT molecular complexity index is 616. The van der Waals surface area contributed by atoms with Crippen molar-refractivity contribution in [3.8, 4) is 0 Å². The minimum Gasteiger partial charge on any atom is -0.399 e. The highest BCUT2D eigenvalue weighted by Crippen LogP contribution is 2.22. The zero-order valence-corrected chi connectivity index (χ0v) is 7.94. The summed E-state index contributed by atoms with van der Waals surface area (Å²) >= 11 is 0. The van der Waals surface area contributed by atoms with E-state index < -0.39 is 0 Å². The molecule has 3 aromatic rings. The van der Waals surface area contributed by atoms with E-state index >= 15 is 0 Å². The summed E-state index contributed by atoms with van der Waals surface area (Å²) in [5, 5.41) is 0. The first-order valence-corrected chi connectivity index (χ1v) is 4.58. The molecule has 3 heteroatoms. The SMILES string of the molecule is Cn1c2ccc(N)cc2n2cccc12. The predicted octanol–water partition coefficient (Wildman–Crippen LogP) is 2.01. The standard InChI is InChI=1S/C11H11N3/c1-13-9-5-4-8(12)7-10(9)14-6-2-3-11(13)14/h2-7H,12H2,1H3. The number of hydrogen-bond acceptors (Lipinski definition) is 1. The fourth-order valence-corrected chi connectivity index (χ4v) is 1.99. The van der Waals surface area contributed by atoms with E-state index in [1.807, 2.05) is 18.2 Å². The molecule has 0 saturated carbocycles. The number of anilines is 1. The molecule has 0 amide bonds. The van der Waals surface area contributed by atoms with E-state index in [9.17, 15) is 0 Å². The lowest BCUT2D eigenvalue weighted by Gasteiger charge is -1.95. The number of imidazole rings is 1. The van der Waals surface area contributed by atoms with Gasteiger partial charge in [-0.25, -0.2) is 0 Å². The van der Waals surface area contributed by atoms with Gasteiger partial charge in [-0.15, -0.1) is 0 Å². The van der Waals surface area contributed by atoms with Crippen molar-refractivity contribution >= 4 is 22.4 Å². The Hall–Kier alpha value is -1.90. The first-order chi connectivity index (χ1) is 6.77. The Morgan fingerprint density at radius 3 is 2.86 bits per heavy atom. The molecule has 1 aromatic carbocycles. The van der Waals surface area contributed by atoms with Gasteiger partial charge in [0.2, 0.25) is 0 Å². The molecular formula is C11H11N3. The molecule has 0 aliphatic heterocycles. The third kappa shape index (κ3) is 0.763. The molecule has 2 heterocycles. The number of nitrogen functional groups attached to an aromatic ring is 1. The van der Waals surface area contributed by atoms with Crippen molar-refractivity contribution in [1.29, 1.82) is 0 Å². The highest BCUT2D eigenvalue weighted by Gasteiger charge is 2.06. The van der Waals surface area contributed by atoms with Crippen molar-refractivity contribution in [2.45, 2.75) is 0 Å². The average molecular weight is 185 g/mol. The summed E-state index contributed by atoms with van der Waals surface area (Å²) in [6.07, 6.45) is 2.05. The number of hydrogen-bond donors (Lipinski definition) is 1. The Morgan fingerprint density at radius 2 is 2.00 bits per heavy atom. The number of nitrogens with two attached hydrogens (primary N) is 1. The largest absolute Gasteiger partial charge is 0.399 e. The molecule has 0 bridgehead atoms. The lowest BCUT2D eigenvalue weighted by Crippen LogP contribution is -1.87. The molecular weight excluding hydrogens is 174 g/mol. The molecule has 14 heavy (non-hydrogen) atoms. The molecule has 0 atom stereocenters. The van der Waals surface area contributed by atoms with Gasteiger partial charge < -0.3 is 14.7 Å². The number of nitrogens with zero attached hydrogens (tertiary/aromatic N) is 2. The van der Waals surface area contributed by atoms with Crippen LogP contribution in [0.25, 0.3) is 16.7 Å². The molecule has 3 rings (SSSR count). The number of fused-ring (bicyclic) bond motifs is 3. The quantitative estimate of drug-likeness (QED) is 0.534. The van der Waals surface area contributed by atoms with Gasteiger partial charge in [0, 0.05) is 18.9 Å². The third-order valence-corrected chi connectivity index (χ3v) is 2.69. The van der Waals surface area contributed by atoms with Crippen LogP contribution >= 0.6 is 0 Å². The zero-order chi connectivity index (χ0) is 9.71. The first kappa shape index (κ1) is 7.50. The summed E-state index contributed by atoms with van der Waals surface area (Å²) in [4.78, 5) is 0. The van der Waals surface area contributed by atoms with Gasteiger partial charge in [-0.05, 0) is 30.3 Å². The highest BCUT2D eigenvalue weighted by atomic mass is 15.1. The molecule has 70 valence electrons. The van der Waals surface area contributed by atoms with Crippen molar-refractivity contribution in [3.63, 3.8) is 0 Å². The van der Waals surface area contributed by atoms with Gasteiger partial charge in [0.15, 0.2) is 0 Å². The predicted molar refractivity (Wildman–Crippen MR) is 58.3 cm³/mol. The maximum atomic E-state index is 5.77. The first-order valence-electron chi connectivity index (χ1n) is 4.58. The van der Waals surface area contributed by atoms with Crippen molar-refractivity contribution in [1.82, 2.24) is 8.97 Å². The molecule has 0 fully saturated rings. The second-order valence-electron chi connectivity index (χ2n) is 3.54. The topological polar surface area (TPSA) is 35.4 Å². The average Bonchev–Trinajstić information content (AvgIpc) is 2.71. The van der Waals surface area contributed by atoms with Gasteiger partial charge in [-0.3, -0.25) is 0 Å². The number of rotatable bonds is 0. The van der Waals surface area contributed by atoms with Crippen LogP contribution in [0.5, 0.6) is 0 Å². The van der Waals surface area contributed by atoms with Crippen LogP contribution in [0.2, 0.25) is 0 Å². The number of aromatic nitrogens is 2. The van der Waals surface area contributed by atoms with E-state index in [2.05, 4.69) is 34.3 Å². The van der Waals surface area contributed by atoms with Gasteiger partial charge in [0.25, 0.3) is 0 Å². The molecule has 3 nitrogen and oxygen atoms in total. The van der Waals surface area contributed by atoms with Gasteiger partial charge in [-0.2, -0.15) is 0 Å². The molecule has 0 aliphatic carbocycles. The van der Waals surface area contributed by atoms with Crippen LogP contribution < -0.4 is 5.73 Å². The van der Waals surface area contributed by atoms with Crippen LogP contribution in [-0.4, -0.2) is 8.97 Å². The van der Waals surface area contributed by atoms with Crippen molar-refractivity contribution < 1.29 is 0 Å². The van der Waals surface area contributed by atoms with E-state index in [0.29, 0.717) is 0 Å². The van der Waals surface area contributed by atoms with Crippen LogP contribution in [-0.2, 0) is 7.05 Å². The van der Waals surface area contributed by atoms with Gasteiger partial charge in [-0.1, -0.05) is 0 Å². The van der Waals surface area contributed by atoms with Crippen molar-refractivity contribution in [2.75, 3.05) is 5.73 Å². The van der Waals surface area contributed by atoms with Gasteiger partial charge in [0.1, 0.15) is 5.65 Å². The second kappa shape index (κ2) is 2.32. The minimum absolute atomic E-state index is 0.804. The molecule has 0 spiro atoms. The third-order valence-electron chi connectivity index (χ3n) is 2.69. The zero-order valence-electron chi connectivity index (χ0n) is 7.94. The summed E-state index contributed by atoms with van der Waals surface area (Å²) in [5.41, 5.74) is 10.1. The van der Waals surface area contributed by atoms with E-state index in [0.717, 1.165) is 11.2 Å². The lowest BCUT2D eigenvalue weighted by molar-refractivity contribution is 0.994. The smallest absolute Gasteiger partial charge is 0.117 e. The Labute approximate surface area is 81.4 Å². The summed E-state index contributed by atoms with van der Waals surface area (Å²) in [7, 11) is 2.06. The molecule has 0 unspecified atom stereocenters. The molecule has 0 saturated heterocycles.